The van der Waals surface area contributed by atoms with Crippen molar-refractivity contribution in [1.29, 1.82) is 0 Å². The number of alkyl halides is 2. The molecule has 1 N–H and O–H groups in total. The molecule has 2 rings (SSSR count). The van der Waals surface area contributed by atoms with Gasteiger partial charge in [-0.05, 0) is 18.6 Å². The zero-order chi connectivity index (χ0) is 14.0. The number of carbonyl (C=O) groups excluding carboxylic acids is 1. The van der Waals surface area contributed by atoms with Crippen LogP contribution in [0.1, 0.15) is 5.56 Å². The number of nitrogens with one attached hydrogen (secondary N) is 1. The maximum Gasteiger partial charge on any atom is 0.286 e. The number of hydrogen-bond donors (Lipinski definition) is 1. The third-order valence-corrected chi connectivity index (χ3v) is 2.89. The van der Waals surface area contributed by atoms with Crippen LogP contribution in [0.25, 0.3) is 0 Å². The fraction of sp³-hybridized carbons (Fsp3) is 0.417. The van der Waals surface area contributed by atoms with Gasteiger partial charge < -0.3 is 10.2 Å². The first kappa shape index (κ1) is 13.4. The predicted octanol–water partition coefficient (Wildman–Crippen LogP) is 1.23. The van der Waals surface area contributed by atoms with E-state index < -0.39 is 24.4 Å². The van der Waals surface area contributed by atoms with Crippen molar-refractivity contribution in [3.63, 3.8) is 0 Å². The Bertz CT molecular complexity index is 489. The molecular weight excluding hydrogens is 254 g/mol. The van der Waals surface area contributed by atoms with Gasteiger partial charge in [0, 0.05) is 18.9 Å². The van der Waals surface area contributed by atoms with Gasteiger partial charge in [0.05, 0.1) is 6.54 Å². The van der Waals surface area contributed by atoms with Crippen molar-refractivity contribution < 1.29 is 13.6 Å². The monoisotopic (exact) mass is 268 g/mol. The van der Waals surface area contributed by atoms with E-state index in [2.05, 4.69) is 21.9 Å². The molecule has 7 heteroatoms. The molecule has 5 nitrogen and oxygen atoms in total. The summed E-state index contributed by atoms with van der Waals surface area (Å²) in [6.07, 6.45) is 4.10. The Morgan fingerprint density at radius 2 is 2.21 bits per heavy atom. The summed E-state index contributed by atoms with van der Waals surface area (Å²) in [6.45, 7) is 4.37. The molecule has 1 aliphatic heterocycles. The van der Waals surface area contributed by atoms with Crippen LogP contribution >= 0.6 is 0 Å². The van der Waals surface area contributed by atoms with E-state index >= 15 is 0 Å². The Hall–Kier alpha value is -2.05. The van der Waals surface area contributed by atoms with Crippen LogP contribution in [0.15, 0.2) is 25.0 Å². The van der Waals surface area contributed by atoms with Crippen LogP contribution in [-0.2, 0) is 4.79 Å². The summed E-state index contributed by atoms with van der Waals surface area (Å²) in [5.41, 5.74) is 0.840. The molecule has 1 amide bonds. The molecule has 1 atom stereocenters. The van der Waals surface area contributed by atoms with Crippen molar-refractivity contribution in [2.75, 3.05) is 18.4 Å². The standard InChI is InChI=1S/C12H14F2N4O/c1-3-10(19)18-6-9(12(13,14)7-18)17-11-15-4-8(2)5-16-11/h3-5,9H,1,6-7H2,2H3,(H,15,16,17). The number of rotatable bonds is 3. The van der Waals surface area contributed by atoms with Crippen LogP contribution in [0.4, 0.5) is 14.7 Å². The van der Waals surface area contributed by atoms with Crippen LogP contribution in [0, 0.1) is 6.92 Å². The smallest absolute Gasteiger partial charge is 0.286 e. The number of likely N-dealkylation sites (tertiary alicyclic amines) is 1. The average Bonchev–Trinajstić information content (AvgIpc) is 2.67. The molecule has 1 saturated heterocycles. The van der Waals surface area contributed by atoms with Gasteiger partial charge in [0.2, 0.25) is 11.9 Å². The summed E-state index contributed by atoms with van der Waals surface area (Å²) < 4.78 is 27.5. The van der Waals surface area contributed by atoms with Gasteiger partial charge in [0.1, 0.15) is 6.04 Å². The summed E-state index contributed by atoms with van der Waals surface area (Å²) in [4.78, 5) is 20.3. The maximum atomic E-state index is 13.8. The van der Waals surface area contributed by atoms with Gasteiger partial charge >= 0.3 is 0 Å². The van der Waals surface area contributed by atoms with Crippen molar-refractivity contribution in [3.05, 3.63) is 30.6 Å². The molecule has 1 unspecified atom stereocenters. The number of nitrogens with zero attached hydrogens (tertiary/aromatic N) is 3. The minimum absolute atomic E-state index is 0.102. The lowest BCUT2D eigenvalue weighted by Crippen LogP contribution is -2.38. The third-order valence-electron chi connectivity index (χ3n) is 2.89. The van der Waals surface area contributed by atoms with Crippen LogP contribution in [0.3, 0.4) is 0 Å². The largest absolute Gasteiger partial charge is 0.344 e. The SMILES string of the molecule is C=CC(=O)N1CC(Nc2ncc(C)cn2)C(F)(F)C1. The van der Waals surface area contributed by atoms with Crippen LogP contribution < -0.4 is 5.32 Å². The Morgan fingerprint density at radius 3 is 2.79 bits per heavy atom. The highest BCUT2D eigenvalue weighted by molar-refractivity contribution is 5.87. The topological polar surface area (TPSA) is 58.1 Å². The minimum atomic E-state index is -3.02. The van der Waals surface area contributed by atoms with Crippen molar-refractivity contribution in [3.8, 4) is 0 Å². The van der Waals surface area contributed by atoms with E-state index in [4.69, 9.17) is 0 Å². The van der Waals surface area contributed by atoms with E-state index in [0.29, 0.717) is 0 Å². The number of aryl methyl sites for hydroxylation is 1. The summed E-state index contributed by atoms with van der Waals surface area (Å²) in [7, 11) is 0. The molecule has 1 aromatic heterocycles. The number of halogens is 2. The van der Waals surface area contributed by atoms with Crippen LogP contribution in [0.2, 0.25) is 0 Å². The minimum Gasteiger partial charge on any atom is -0.344 e. The van der Waals surface area contributed by atoms with Crippen LogP contribution in [-0.4, -0.2) is 45.8 Å². The lowest BCUT2D eigenvalue weighted by atomic mass is 10.2. The van der Waals surface area contributed by atoms with Gasteiger partial charge in [-0.1, -0.05) is 6.58 Å². The lowest BCUT2D eigenvalue weighted by molar-refractivity contribution is -0.126. The lowest BCUT2D eigenvalue weighted by Gasteiger charge is -2.18. The molecule has 0 spiro atoms. The number of amides is 1. The van der Waals surface area contributed by atoms with E-state index in [-0.39, 0.29) is 12.5 Å². The molecule has 19 heavy (non-hydrogen) atoms. The van der Waals surface area contributed by atoms with Gasteiger partial charge in [0.25, 0.3) is 5.92 Å². The Morgan fingerprint density at radius 1 is 1.58 bits per heavy atom. The molecule has 2 heterocycles. The van der Waals surface area contributed by atoms with Crippen molar-refractivity contribution in [2.45, 2.75) is 18.9 Å². The zero-order valence-electron chi connectivity index (χ0n) is 10.4. The highest BCUT2D eigenvalue weighted by Gasteiger charge is 2.49. The van der Waals surface area contributed by atoms with Crippen molar-refractivity contribution >= 4 is 11.9 Å². The molecule has 0 aliphatic carbocycles. The van der Waals surface area contributed by atoms with Gasteiger partial charge in [-0.2, -0.15) is 0 Å². The molecule has 0 radical (unpaired) electrons. The molecular formula is C12H14F2N4O. The van der Waals surface area contributed by atoms with Gasteiger partial charge in [-0.3, -0.25) is 4.79 Å². The molecule has 102 valence electrons. The predicted molar refractivity (Wildman–Crippen MR) is 65.9 cm³/mol. The summed E-state index contributed by atoms with van der Waals surface area (Å²) >= 11 is 0. The molecule has 1 aromatic rings. The second kappa shape index (κ2) is 4.91. The normalized spacial score (nSPS) is 21.2. The first-order valence-electron chi connectivity index (χ1n) is 5.77. The molecule has 0 saturated carbocycles. The van der Waals surface area contributed by atoms with E-state index in [1.807, 2.05) is 0 Å². The number of hydrogen-bond acceptors (Lipinski definition) is 4. The number of anilines is 1. The Labute approximate surface area is 109 Å². The fourth-order valence-electron chi connectivity index (χ4n) is 1.85. The molecule has 0 bridgehead atoms. The van der Waals surface area contributed by atoms with Crippen LogP contribution in [0.5, 0.6) is 0 Å². The highest BCUT2D eigenvalue weighted by Crippen LogP contribution is 2.29. The Kier molecular flexibility index (Phi) is 3.46. The number of carbonyl (C=O) groups is 1. The van der Waals surface area contributed by atoms with E-state index in [0.717, 1.165) is 16.5 Å². The van der Waals surface area contributed by atoms with Crippen molar-refractivity contribution in [1.82, 2.24) is 14.9 Å². The van der Waals surface area contributed by atoms with Gasteiger partial charge in [0.15, 0.2) is 0 Å². The quantitative estimate of drug-likeness (QED) is 0.838. The van der Waals surface area contributed by atoms with Crippen molar-refractivity contribution in [2.24, 2.45) is 0 Å². The summed E-state index contributed by atoms with van der Waals surface area (Å²) in [6, 6.07) is -1.20. The van der Waals surface area contributed by atoms with E-state index in [1.54, 1.807) is 6.92 Å². The third kappa shape index (κ3) is 2.86. The second-order valence-electron chi connectivity index (χ2n) is 4.46. The molecule has 1 fully saturated rings. The first-order chi connectivity index (χ1) is 8.92. The van der Waals surface area contributed by atoms with Gasteiger partial charge in [-0.25, -0.2) is 18.7 Å². The van der Waals surface area contributed by atoms with Gasteiger partial charge in [-0.15, -0.1) is 0 Å². The Balaban J connectivity index is 2.09. The summed E-state index contributed by atoms with van der Waals surface area (Å²) in [5.74, 6) is -3.40. The second-order valence-corrected chi connectivity index (χ2v) is 4.46. The van der Waals surface area contributed by atoms with E-state index in [1.165, 1.54) is 12.4 Å². The van der Waals surface area contributed by atoms with E-state index in [9.17, 15) is 13.6 Å². The zero-order valence-corrected chi connectivity index (χ0v) is 10.4. The number of aromatic nitrogens is 2. The molecule has 1 aliphatic rings. The fourth-order valence-corrected chi connectivity index (χ4v) is 1.85. The maximum absolute atomic E-state index is 13.8. The summed E-state index contributed by atoms with van der Waals surface area (Å²) in [5, 5.41) is 2.57. The highest BCUT2D eigenvalue weighted by atomic mass is 19.3. The first-order valence-corrected chi connectivity index (χ1v) is 5.77. The molecule has 0 aromatic carbocycles. The average molecular weight is 268 g/mol.